The van der Waals surface area contributed by atoms with Gasteiger partial charge in [-0.3, -0.25) is 4.79 Å². The highest BCUT2D eigenvalue weighted by atomic mass is 16.4. The number of anilines is 1. The quantitative estimate of drug-likeness (QED) is 0.590. The molecule has 0 atom stereocenters. The van der Waals surface area contributed by atoms with Crippen LogP contribution in [0.15, 0.2) is 33.8 Å². The van der Waals surface area contributed by atoms with E-state index < -0.39 is 5.97 Å². The van der Waals surface area contributed by atoms with Crippen LogP contribution in [0.25, 0.3) is 0 Å². The van der Waals surface area contributed by atoms with Crippen molar-refractivity contribution in [1.82, 2.24) is 5.43 Å². The summed E-state index contributed by atoms with van der Waals surface area (Å²) in [5, 5.41) is 13.4. The number of benzene rings is 1. The Labute approximate surface area is 138 Å². The van der Waals surface area contributed by atoms with Gasteiger partial charge in [-0.2, -0.15) is 5.10 Å². The lowest BCUT2D eigenvalue weighted by molar-refractivity contribution is 0.0659. The Morgan fingerprint density at radius 2 is 1.96 bits per heavy atom. The van der Waals surface area contributed by atoms with Gasteiger partial charge < -0.3 is 15.3 Å². The van der Waals surface area contributed by atoms with Gasteiger partial charge in [-0.15, -0.1) is 0 Å². The molecule has 1 aliphatic carbocycles. The second kappa shape index (κ2) is 6.19. The zero-order chi connectivity index (χ0) is 17.3. The zero-order valence-electron chi connectivity index (χ0n) is 13.1. The van der Waals surface area contributed by atoms with Gasteiger partial charge >= 0.3 is 5.97 Å². The van der Waals surface area contributed by atoms with E-state index in [9.17, 15) is 14.7 Å². The highest BCUT2D eigenvalue weighted by molar-refractivity contribution is 6.06. The van der Waals surface area contributed by atoms with Gasteiger partial charge in [-0.25, -0.2) is 10.2 Å². The summed E-state index contributed by atoms with van der Waals surface area (Å²) in [4.78, 5) is 23.3. The number of hydrogen-bond acceptors (Lipinski definition) is 5. The van der Waals surface area contributed by atoms with Crippen molar-refractivity contribution in [3.8, 4) is 0 Å². The van der Waals surface area contributed by atoms with Crippen molar-refractivity contribution in [2.75, 3.05) is 5.73 Å². The van der Waals surface area contributed by atoms with E-state index in [-0.39, 0.29) is 11.7 Å². The number of amides is 1. The fourth-order valence-electron chi connectivity index (χ4n) is 2.80. The number of aromatic carboxylic acids is 1. The van der Waals surface area contributed by atoms with E-state index in [0.717, 1.165) is 6.42 Å². The number of nitrogens with zero attached hydrogens (tertiary/aromatic N) is 1. The third-order valence-corrected chi connectivity index (χ3v) is 3.99. The van der Waals surface area contributed by atoms with Crippen LogP contribution in [-0.4, -0.2) is 22.7 Å². The maximum Gasteiger partial charge on any atom is 0.372 e. The summed E-state index contributed by atoms with van der Waals surface area (Å²) in [7, 11) is 0. The van der Waals surface area contributed by atoms with Gasteiger partial charge in [0, 0.05) is 28.8 Å². The molecule has 3 rings (SSSR count). The number of fused-ring (bicyclic) bond motifs is 1. The first-order valence-corrected chi connectivity index (χ1v) is 7.55. The molecule has 1 amide bonds. The van der Waals surface area contributed by atoms with Crippen LogP contribution >= 0.6 is 0 Å². The van der Waals surface area contributed by atoms with Crippen LogP contribution in [0.3, 0.4) is 0 Å². The molecule has 124 valence electrons. The number of aryl methyl sites for hydroxylation is 1. The van der Waals surface area contributed by atoms with Gasteiger partial charge in [0.2, 0.25) is 5.76 Å². The highest BCUT2D eigenvalue weighted by Gasteiger charge is 2.27. The first-order chi connectivity index (χ1) is 11.5. The number of carboxylic acids is 1. The summed E-state index contributed by atoms with van der Waals surface area (Å²) in [6.07, 6.45) is 2.10. The van der Waals surface area contributed by atoms with E-state index in [1.807, 2.05) is 0 Å². The molecule has 1 aliphatic rings. The Kier molecular flexibility index (Phi) is 4.07. The molecule has 0 unspecified atom stereocenters. The molecule has 2 aromatic rings. The molecule has 0 radical (unpaired) electrons. The molecule has 0 fully saturated rings. The summed E-state index contributed by atoms with van der Waals surface area (Å²) < 4.78 is 5.43. The minimum Gasteiger partial charge on any atom is -0.475 e. The van der Waals surface area contributed by atoms with Crippen LogP contribution in [0.1, 0.15) is 50.6 Å². The number of furan rings is 1. The van der Waals surface area contributed by atoms with Crippen molar-refractivity contribution in [3.63, 3.8) is 0 Å². The minimum absolute atomic E-state index is 0.0699. The Hall–Kier alpha value is -3.09. The molecule has 4 N–H and O–H groups in total. The smallest absolute Gasteiger partial charge is 0.372 e. The maximum absolute atomic E-state index is 12.1. The fraction of sp³-hybridized carbons (Fsp3) is 0.235. The van der Waals surface area contributed by atoms with Crippen LogP contribution in [0.2, 0.25) is 0 Å². The lowest BCUT2D eigenvalue weighted by Crippen LogP contribution is -2.22. The summed E-state index contributed by atoms with van der Waals surface area (Å²) in [5.74, 6) is -0.919. The van der Waals surface area contributed by atoms with Gasteiger partial charge in [0.1, 0.15) is 5.76 Å². The summed E-state index contributed by atoms with van der Waals surface area (Å²) in [6, 6.07) is 6.51. The molecule has 24 heavy (non-hydrogen) atoms. The number of rotatable bonds is 3. The van der Waals surface area contributed by atoms with Crippen molar-refractivity contribution in [1.29, 1.82) is 0 Å². The van der Waals surface area contributed by atoms with Crippen LogP contribution in [-0.2, 0) is 6.42 Å². The van der Waals surface area contributed by atoms with E-state index in [0.29, 0.717) is 46.7 Å². The molecule has 1 aromatic heterocycles. The van der Waals surface area contributed by atoms with Crippen molar-refractivity contribution >= 4 is 23.3 Å². The second-order valence-electron chi connectivity index (χ2n) is 5.63. The Morgan fingerprint density at radius 1 is 1.25 bits per heavy atom. The summed E-state index contributed by atoms with van der Waals surface area (Å²) in [6.45, 7) is 1.69. The van der Waals surface area contributed by atoms with E-state index in [2.05, 4.69) is 10.5 Å². The number of carbonyl (C=O) groups excluding carboxylic acids is 1. The highest BCUT2D eigenvalue weighted by Crippen LogP contribution is 2.29. The van der Waals surface area contributed by atoms with Crippen molar-refractivity contribution in [3.05, 3.63) is 52.5 Å². The van der Waals surface area contributed by atoms with Crippen LogP contribution in [0.4, 0.5) is 5.69 Å². The molecular weight excluding hydrogens is 310 g/mol. The maximum atomic E-state index is 12.1. The zero-order valence-corrected chi connectivity index (χ0v) is 13.1. The molecule has 0 spiro atoms. The largest absolute Gasteiger partial charge is 0.475 e. The van der Waals surface area contributed by atoms with Crippen LogP contribution in [0.5, 0.6) is 0 Å². The van der Waals surface area contributed by atoms with Gasteiger partial charge in [0.15, 0.2) is 0 Å². The fourth-order valence-corrected chi connectivity index (χ4v) is 2.80. The minimum atomic E-state index is -1.10. The van der Waals surface area contributed by atoms with E-state index in [1.54, 1.807) is 31.2 Å². The predicted molar refractivity (Wildman–Crippen MR) is 88.2 cm³/mol. The monoisotopic (exact) mass is 327 g/mol. The molecule has 1 heterocycles. The van der Waals surface area contributed by atoms with E-state index >= 15 is 0 Å². The molecule has 0 aliphatic heterocycles. The summed E-state index contributed by atoms with van der Waals surface area (Å²) >= 11 is 0. The molecule has 0 saturated carbocycles. The lowest BCUT2D eigenvalue weighted by atomic mass is 9.93. The third kappa shape index (κ3) is 2.88. The molecular formula is C17H17N3O4. The SMILES string of the molecule is Cc1c(C(=O)O)oc2c1/C(=N/NC(=O)c1ccc(N)cc1)CCC2. The number of hydrogen-bond donors (Lipinski definition) is 3. The lowest BCUT2D eigenvalue weighted by Gasteiger charge is -2.13. The van der Waals surface area contributed by atoms with Gasteiger partial charge in [-0.1, -0.05) is 0 Å². The topological polar surface area (TPSA) is 118 Å². The van der Waals surface area contributed by atoms with Crippen molar-refractivity contribution in [2.45, 2.75) is 26.2 Å². The van der Waals surface area contributed by atoms with Crippen molar-refractivity contribution in [2.24, 2.45) is 5.10 Å². The Balaban J connectivity index is 1.86. The van der Waals surface area contributed by atoms with Gasteiger partial charge in [0.25, 0.3) is 5.91 Å². The average Bonchev–Trinajstić information content (AvgIpc) is 2.91. The predicted octanol–water partition coefficient (Wildman–Crippen LogP) is 2.34. The van der Waals surface area contributed by atoms with E-state index in [1.165, 1.54) is 0 Å². The Bertz CT molecular complexity index is 834. The number of nitrogens with two attached hydrogens (primary N) is 1. The number of hydrazone groups is 1. The number of carboxylic acid groups (broad SMARTS) is 1. The molecule has 1 aromatic carbocycles. The average molecular weight is 327 g/mol. The first-order valence-electron chi connectivity index (χ1n) is 7.55. The molecule has 7 nitrogen and oxygen atoms in total. The third-order valence-electron chi connectivity index (χ3n) is 3.99. The number of nitrogen functional groups attached to an aromatic ring is 1. The number of carbonyl (C=O) groups is 2. The summed E-state index contributed by atoms with van der Waals surface area (Å²) in [5.41, 5.74) is 11.0. The van der Waals surface area contributed by atoms with Gasteiger partial charge in [-0.05, 0) is 44.0 Å². The first kappa shape index (κ1) is 15.8. The van der Waals surface area contributed by atoms with Crippen LogP contribution in [0, 0.1) is 6.92 Å². The second-order valence-corrected chi connectivity index (χ2v) is 5.63. The van der Waals surface area contributed by atoms with Crippen LogP contribution < -0.4 is 11.2 Å². The molecule has 7 heteroatoms. The standard InChI is InChI=1S/C17H17N3O4/c1-9-14-12(3-2-4-13(14)24-15(9)17(22)23)19-20-16(21)10-5-7-11(18)8-6-10/h5-8H,2-4,18H2,1H3,(H,20,21)(H,22,23)/b19-12+. The molecule has 0 saturated heterocycles. The van der Waals surface area contributed by atoms with Gasteiger partial charge in [0.05, 0.1) is 5.71 Å². The van der Waals surface area contributed by atoms with E-state index in [4.69, 9.17) is 10.2 Å². The van der Waals surface area contributed by atoms with Crippen molar-refractivity contribution < 1.29 is 19.1 Å². The molecule has 0 bridgehead atoms. The normalized spacial score (nSPS) is 15.1. The number of nitrogens with one attached hydrogen (secondary N) is 1. The Morgan fingerprint density at radius 3 is 2.62 bits per heavy atom.